The van der Waals surface area contributed by atoms with Gasteiger partial charge in [-0.05, 0) is 54.8 Å². The molecule has 2 aromatic carbocycles. The van der Waals surface area contributed by atoms with E-state index in [0.29, 0.717) is 31.6 Å². The number of ether oxygens (including phenoxy) is 1. The molecule has 7 heteroatoms. The highest BCUT2D eigenvalue weighted by Gasteiger charge is 2.15. The number of amides is 2. The largest absolute Gasteiger partial charge is 0.494 e. The maximum atomic E-state index is 13.6. The van der Waals surface area contributed by atoms with Crippen LogP contribution in [0.3, 0.4) is 0 Å². The minimum atomic E-state index is -0.566. The van der Waals surface area contributed by atoms with Crippen LogP contribution in [0.15, 0.2) is 36.4 Å². The Hall–Kier alpha value is -2.60. The number of hydrogen-bond acceptors (Lipinski definition) is 3. The SMILES string of the molecule is O=C(CCCOc1ccc2c(c1)CCC(=O)N2)Nc1ccc(Cl)cc1F. The fraction of sp³-hybridized carbons (Fsp3) is 0.263. The second-order valence-electron chi connectivity index (χ2n) is 5.99. The third-order valence-corrected chi connectivity index (χ3v) is 4.23. The summed E-state index contributed by atoms with van der Waals surface area (Å²) in [6.45, 7) is 0.363. The minimum absolute atomic E-state index is 0.0225. The van der Waals surface area contributed by atoms with Gasteiger partial charge in [-0.15, -0.1) is 0 Å². The molecule has 0 atom stereocenters. The first-order valence-corrected chi connectivity index (χ1v) is 8.69. The van der Waals surface area contributed by atoms with Gasteiger partial charge in [-0.2, -0.15) is 0 Å². The number of carbonyl (C=O) groups excluding carboxylic acids is 2. The van der Waals surface area contributed by atoms with E-state index in [1.807, 2.05) is 12.1 Å². The van der Waals surface area contributed by atoms with Gasteiger partial charge in [-0.25, -0.2) is 4.39 Å². The van der Waals surface area contributed by atoms with Crippen molar-refractivity contribution in [2.75, 3.05) is 17.2 Å². The molecule has 0 saturated carbocycles. The summed E-state index contributed by atoms with van der Waals surface area (Å²) in [5.41, 5.74) is 1.97. The predicted octanol–water partition coefficient (Wildman–Crippen LogP) is 4.16. The maximum absolute atomic E-state index is 13.6. The van der Waals surface area contributed by atoms with Gasteiger partial charge in [0.2, 0.25) is 11.8 Å². The van der Waals surface area contributed by atoms with Crippen molar-refractivity contribution < 1.29 is 18.7 Å². The van der Waals surface area contributed by atoms with Gasteiger partial charge in [0, 0.05) is 23.6 Å². The molecule has 3 rings (SSSR count). The summed E-state index contributed by atoms with van der Waals surface area (Å²) in [5, 5.41) is 5.60. The van der Waals surface area contributed by atoms with Gasteiger partial charge >= 0.3 is 0 Å². The zero-order chi connectivity index (χ0) is 18.5. The molecule has 136 valence electrons. The molecule has 1 heterocycles. The van der Waals surface area contributed by atoms with Crippen LogP contribution in [0.25, 0.3) is 0 Å². The summed E-state index contributed by atoms with van der Waals surface area (Å²) in [6, 6.07) is 9.60. The Morgan fingerprint density at radius 2 is 2.08 bits per heavy atom. The topological polar surface area (TPSA) is 67.4 Å². The van der Waals surface area contributed by atoms with Crippen molar-refractivity contribution in [3.05, 3.63) is 52.8 Å². The predicted molar refractivity (Wildman–Crippen MR) is 98.2 cm³/mol. The smallest absolute Gasteiger partial charge is 0.224 e. The van der Waals surface area contributed by atoms with Crippen LogP contribution in [0.2, 0.25) is 5.02 Å². The van der Waals surface area contributed by atoms with E-state index >= 15 is 0 Å². The molecule has 2 aromatic rings. The molecule has 0 fully saturated rings. The van der Waals surface area contributed by atoms with Crippen LogP contribution in [0.5, 0.6) is 5.75 Å². The second-order valence-corrected chi connectivity index (χ2v) is 6.43. The van der Waals surface area contributed by atoms with E-state index in [1.54, 1.807) is 6.07 Å². The lowest BCUT2D eigenvalue weighted by atomic mass is 10.0. The molecule has 0 bridgehead atoms. The highest BCUT2D eigenvalue weighted by molar-refractivity contribution is 6.30. The summed E-state index contributed by atoms with van der Waals surface area (Å²) in [4.78, 5) is 23.2. The number of nitrogens with one attached hydrogen (secondary N) is 2. The number of anilines is 2. The first-order valence-electron chi connectivity index (χ1n) is 8.32. The highest BCUT2D eigenvalue weighted by Crippen LogP contribution is 2.27. The summed E-state index contributed by atoms with van der Waals surface area (Å²) in [6.07, 6.45) is 1.86. The van der Waals surface area contributed by atoms with E-state index in [2.05, 4.69) is 10.6 Å². The maximum Gasteiger partial charge on any atom is 0.224 e. The lowest BCUT2D eigenvalue weighted by molar-refractivity contribution is -0.117. The van der Waals surface area contributed by atoms with E-state index in [4.69, 9.17) is 16.3 Å². The molecule has 1 aliphatic heterocycles. The molecule has 0 aliphatic carbocycles. The standard InChI is InChI=1S/C19H18ClFN2O3/c20-13-4-6-17(15(21)11-13)23-18(24)2-1-9-26-14-5-7-16-12(10-14)3-8-19(25)22-16/h4-7,10-11H,1-3,8-9H2,(H,22,25)(H,23,24). The summed E-state index contributed by atoms with van der Waals surface area (Å²) in [5.74, 6) is -0.135. The molecular formula is C19H18ClFN2O3. The molecule has 0 unspecified atom stereocenters. The van der Waals surface area contributed by atoms with Crippen LogP contribution in [-0.2, 0) is 16.0 Å². The molecule has 5 nitrogen and oxygen atoms in total. The van der Waals surface area contributed by atoms with Crippen molar-refractivity contribution in [2.45, 2.75) is 25.7 Å². The van der Waals surface area contributed by atoms with E-state index < -0.39 is 5.82 Å². The van der Waals surface area contributed by atoms with Crippen molar-refractivity contribution >= 4 is 34.8 Å². The Bertz CT molecular complexity index is 842. The number of rotatable bonds is 6. The molecule has 2 amide bonds. The van der Waals surface area contributed by atoms with Gasteiger partial charge in [0.1, 0.15) is 11.6 Å². The summed E-state index contributed by atoms with van der Waals surface area (Å²) >= 11 is 5.68. The molecule has 0 aromatic heterocycles. The molecule has 1 aliphatic rings. The number of aryl methyl sites for hydroxylation is 1. The van der Waals surface area contributed by atoms with Crippen LogP contribution in [-0.4, -0.2) is 18.4 Å². The third-order valence-electron chi connectivity index (χ3n) is 3.99. The van der Waals surface area contributed by atoms with Gasteiger partial charge in [0.25, 0.3) is 0 Å². The normalized spacial score (nSPS) is 12.9. The molecule has 2 N–H and O–H groups in total. The molecule has 0 radical (unpaired) electrons. The van der Waals surface area contributed by atoms with Gasteiger partial charge in [0.15, 0.2) is 0 Å². The Morgan fingerprint density at radius 1 is 1.23 bits per heavy atom. The molecule has 26 heavy (non-hydrogen) atoms. The number of fused-ring (bicyclic) bond motifs is 1. The van der Waals surface area contributed by atoms with Gasteiger partial charge < -0.3 is 15.4 Å². The van der Waals surface area contributed by atoms with Gasteiger partial charge in [-0.3, -0.25) is 9.59 Å². The number of benzene rings is 2. The zero-order valence-electron chi connectivity index (χ0n) is 14.0. The fourth-order valence-electron chi connectivity index (χ4n) is 2.68. The highest BCUT2D eigenvalue weighted by atomic mass is 35.5. The van der Waals surface area contributed by atoms with Crippen molar-refractivity contribution in [1.29, 1.82) is 0 Å². The van der Waals surface area contributed by atoms with E-state index in [9.17, 15) is 14.0 Å². The van der Waals surface area contributed by atoms with Gasteiger partial charge in [0.05, 0.1) is 12.3 Å². The average Bonchev–Trinajstić information content (AvgIpc) is 2.61. The first-order chi connectivity index (χ1) is 12.5. The monoisotopic (exact) mass is 376 g/mol. The van der Waals surface area contributed by atoms with Crippen molar-refractivity contribution in [3.8, 4) is 5.75 Å². The number of carbonyl (C=O) groups is 2. The second kappa shape index (κ2) is 8.19. The fourth-order valence-corrected chi connectivity index (χ4v) is 2.83. The van der Waals surface area contributed by atoms with Crippen LogP contribution in [0.1, 0.15) is 24.8 Å². The van der Waals surface area contributed by atoms with E-state index in [-0.39, 0.29) is 28.9 Å². The quantitative estimate of drug-likeness (QED) is 0.744. The zero-order valence-corrected chi connectivity index (χ0v) is 14.7. The van der Waals surface area contributed by atoms with E-state index in [0.717, 1.165) is 17.3 Å². The van der Waals surface area contributed by atoms with Crippen molar-refractivity contribution in [1.82, 2.24) is 0 Å². The summed E-state index contributed by atoms with van der Waals surface area (Å²) in [7, 11) is 0. The van der Waals surface area contributed by atoms with E-state index in [1.165, 1.54) is 12.1 Å². The summed E-state index contributed by atoms with van der Waals surface area (Å²) < 4.78 is 19.3. The first kappa shape index (κ1) is 18.2. The third kappa shape index (κ3) is 4.73. The van der Waals surface area contributed by atoms with Crippen molar-refractivity contribution in [2.24, 2.45) is 0 Å². The van der Waals surface area contributed by atoms with Crippen molar-refractivity contribution in [3.63, 3.8) is 0 Å². The number of halogens is 2. The molecule has 0 spiro atoms. The molecule has 0 saturated heterocycles. The lowest BCUT2D eigenvalue weighted by Gasteiger charge is -2.17. The molecular weight excluding hydrogens is 359 g/mol. The van der Waals surface area contributed by atoms with Gasteiger partial charge in [-0.1, -0.05) is 11.6 Å². The Morgan fingerprint density at radius 3 is 2.88 bits per heavy atom. The average molecular weight is 377 g/mol. The van der Waals surface area contributed by atoms with Crippen LogP contribution >= 0.6 is 11.6 Å². The van der Waals surface area contributed by atoms with Crippen LogP contribution < -0.4 is 15.4 Å². The number of hydrogen-bond donors (Lipinski definition) is 2. The van der Waals surface area contributed by atoms with Crippen LogP contribution in [0, 0.1) is 5.82 Å². The Balaban J connectivity index is 1.44. The minimum Gasteiger partial charge on any atom is -0.494 e. The Labute approximate surface area is 155 Å². The van der Waals surface area contributed by atoms with Crippen LogP contribution in [0.4, 0.5) is 15.8 Å². The lowest BCUT2D eigenvalue weighted by Crippen LogP contribution is -2.18. The Kier molecular flexibility index (Phi) is 5.73.